The van der Waals surface area contributed by atoms with Gasteiger partial charge in [-0.3, -0.25) is 4.79 Å². The lowest BCUT2D eigenvalue weighted by Gasteiger charge is -2.17. The average molecular weight is 297 g/mol. The highest BCUT2D eigenvalue weighted by molar-refractivity contribution is 6.00. The van der Waals surface area contributed by atoms with Crippen molar-refractivity contribution in [1.82, 2.24) is 4.57 Å². The number of ether oxygens (including phenoxy) is 1. The summed E-state index contributed by atoms with van der Waals surface area (Å²) in [5, 5.41) is 0. The van der Waals surface area contributed by atoms with E-state index in [4.69, 9.17) is 4.74 Å². The van der Waals surface area contributed by atoms with Gasteiger partial charge in [0.05, 0.1) is 11.3 Å². The standard InChI is InChI=1S/C18H19NO3/c1-3-4-10-19-16(13-8-6-5-7-9-13)15-14(11-22-18(15)21)12(2)17(19)20/h5-9H,3-4,10-11H2,1-2H3. The second-order valence-electron chi connectivity index (χ2n) is 5.58. The lowest BCUT2D eigenvalue weighted by Crippen LogP contribution is -2.27. The van der Waals surface area contributed by atoms with Crippen LogP contribution in [0.4, 0.5) is 0 Å². The van der Waals surface area contributed by atoms with Gasteiger partial charge in [-0.25, -0.2) is 4.79 Å². The molecule has 0 spiro atoms. The van der Waals surface area contributed by atoms with Gasteiger partial charge in [-0.15, -0.1) is 0 Å². The van der Waals surface area contributed by atoms with E-state index in [2.05, 4.69) is 6.92 Å². The maximum atomic E-state index is 12.7. The molecule has 0 bridgehead atoms. The number of nitrogens with zero attached hydrogens (tertiary/aromatic N) is 1. The molecule has 114 valence electrons. The smallest absolute Gasteiger partial charge is 0.341 e. The van der Waals surface area contributed by atoms with Crippen molar-refractivity contribution in [3.63, 3.8) is 0 Å². The lowest BCUT2D eigenvalue weighted by atomic mass is 9.98. The minimum atomic E-state index is -0.331. The van der Waals surface area contributed by atoms with Crippen molar-refractivity contribution in [3.8, 4) is 11.3 Å². The number of fused-ring (bicyclic) bond motifs is 1. The fraction of sp³-hybridized carbons (Fsp3) is 0.333. The van der Waals surface area contributed by atoms with Gasteiger partial charge < -0.3 is 9.30 Å². The summed E-state index contributed by atoms with van der Waals surface area (Å²) >= 11 is 0. The van der Waals surface area contributed by atoms with Gasteiger partial charge >= 0.3 is 5.97 Å². The first kappa shape index (κ1) is 14.6. The molecule has 2 aromatic rings. The summed E-state index contributed by atoms with van der Waals surface area (Å²) in [6.07, 6.45) is 1.88. The van der Waals surface area contributed by atoms with Gasteiger partial charge in [0.25, 0.3) is 5.56 Å². The zero-order valence-electron chi connectivity index (χ0n) is 12.9. The summed E-state index contributed by atoms with van der Waals surface area (Å²) in [4.78, 5) is 24.9. The van der Waals surface area contributed by atoms with E-state index in [9.17, 15) is 9.59 Å². The number of esters is 1. The molecule has 1 aliphatic rings. The second-order valence-corrected chi connectivity index (χ2v) is 5.58. The number of hydrogen-bond donors (Lipinski definition) is 0. The minimum Gasteiger partial charge on any atom is -0.457 e. The Morgan fingerprint density at radius 2 is 1.91 bits per heavy atom. The number of unbranched alkanes of at least 4 members (excludes halogenated alkanes) is 1. The first-order valence-electron chi connectivity index (χ1n) is 7.64. The Morgan fingerprint density at radius 3 is 2.59 bits per heavy atom. The number of carbonyl (C=O) groups is 1. The van der Waals surface area contributed by atoms with Crippen molar-refractivity contribution in [2.75, 3.05) is 0 Å². The Hall–Kier alpha value is -2.36. The molecular weight excluding hydrogens is 278 g/mol. The minimum absolute atomic E-state index is 0.0237. The predicted octanol–water partition coefficient (Wildman–Crippen LogP) is 3.29. The number of benzene rings is 1. The van der Waals surface area contributed by atoms with Crippen LogP contribution in [0.5, 0.6) is 0 Å². The largest absolute Gasteiger partial charge is 0.457 e. The van der Waals surface area contributed by atoms with Crippen LogP contribution in [0.3, 0.4) is 0 Å². The van der Waals surface area contributed by atoms with Crippen LogP contribution in [-0.4, -0.2) is 10.5 Å². The molecule has 0 saturated carbocycles. The van der Waals surface area contributed by atoms with E-state index in [1.807, 2.05) is 30.3 Å². The molecule has 0 unspecified atom stereocenters. The van der Waals surface area contributed by atoms with Gasteiger partial charge in [-0.2, -0.15) is 0 Å². The third-order valence-corrected chi connectivity index (χ3v) is 4.16. The Labute approximate surface area is 129 Å². The van der Waals surface area contributed by atoms with E-state index in [0.717, 1.165) is 24.0 Å². The van der Waals surface area contributed by atoms with Crippen LogP contribution in [0.15, 0.2) is 35.1 Å². The second kappa shape index (κ2) is 5.79. The third-order valence-electron chi connectivity index (χ3n) is 4.16. The van der Waals surface area contributed by atoms with Crippen LogP contribution in [0.1, 0.15) is 41.3 Å². The van der Waals surface area contributed by atoms with Crippen LogP contribution < -0.4 is 5.56 Å². The first-order chi connectivity index (χ1) is 10.6. The Morgan fingerprint density at radius 1 is 1.18 bits per heavy atom. The zero-order valence-corrected chi connectivity index (χ0v) is 12.9. The van der Waals surface area contributed by atoms with E-state index >= 15 is 0 Å². The number of hydrogen-bond acceptors (Lipinski definition) is 3. The quantitative estimate of drug-likeness (QED) is 0.814. The number of aromatic nitrogens is 1. The van der Waals surface area contributed by atoms with Crippen molar-refractivity contribution in [2.45, 2.75) is 39.8 Å². The van der Waals surface area contributed by atoms with E-state index in [-0.39, 0.29) is 18.1 Å². The normalized spacial score (nSPS) is 13.1. The van der Waals surface area contributed by atoms with Gasteiger partial charge in [0.1, 0.15) is 6.61 Å². The van der Waals surface area contributed by atoms with Crippen LogP contribution in [0, 0.1) is 6.92 Å². The average Bonchev–Trinajstić information content (AvgIpc) is 2.92. The Kier molecular flexibility index (Phi) is 3.84. The molecule has 4 nitrogen and oxygen atoms in total. The maximum Gasteiger partial charge on any atom is 0.341 e. The van der Waals surface area contributed by atoms with Crippen LogP contribution in [-0.2, 0) is 17.9 Å². The molecular formula is C18H19NO3. The van der Waals surface area contributed by atoms with Gasteiger partial charge in [0.2, 0.25) is 0 Å². The molecule has 0 aliphatic carbocycles. The van der Waals surface area contributed by atoms with Crippen LogP contribution in [0.25, 0.3) is 11.3 Å². The van der Waals surface area contributed by atoms with Crippen molar-refractivity contribution in [1.29, 1.82) is 0 Å². The van der Waals surface area contributed by atoms with E-state index in [1.54, 1.807) is 11.5 Å². The van der Waals surface area contributed by atoms with E-state index in [0.29, 0.717) is 23.4 Å². The molecule has 0 N–H and O–H groups in total. The fourth-order valence-electron chi connectivity index (χ4n) is 2.93. The molecule has 1 aromatic heterocycles. The molecule has 22 heavy (non-hydrogen) atoms. The Bertz CT molecular complexity index is 775. The molecule has 0 saturated heterocycles. The van der Waals surface area contributed by atoms with Crippen LogP contribution in [0.2, 0.25) is 0 Å². The number of cyclic esters (lactones) is 1. The number of carbonyl (C=O) groups excluding carboxylic acids is 1. The fourth-order valence-corrected chi connectivity index (χ4v) is 2.93. The van der Waals surface area contributed by atoms with E-state index in [1.165, 1.54) is 0 Å². The van der Waals surface area contributed by atoms with Gasteiger partial charge in [-0.05, 0) is 18.9 Å². The predicted molar refractivity (Wildman–Crippen MR) is 84.9 cm³/mol. The highest BCUT2D eigenvalue weighted by atomic mass is 16.5. The van der Waals surface area contributed by atoms with Gasteiger partial charge in [0.15, 0.2) is 0 Å². The highest BCUT2D eigenvalue weighted by Gasteiger charge is 2.31. The Balaban J connectivity index is 2.34. The molecule has 3 rings (SSSR count). The molecule has 0 amide bonds. The summed E-state index contributed by atoms with van der Waals surface area (Å²) in [6, 6.07) is 9.61. The lowest BCUT2D eigenvalue weighted by molar-refractivity contribution is 0.0535. The maximum absolute atomic E-state index is 12.7. The molecule has 0 radical (unpaired) electrons. The summed E-state index contributed by atoms with van der Waals surface area (Å²) in [5.74, 6) is -0.331. The molecule has 4 heteroatoms. The van der Waals surface area contributed by atoms with Crippen molar-refractivity contribution in [3.05, 3.63) is 57.4 Å². The van der Waals surface area contributed by atoms with Crippen LogP contribution >= 0.6 is 0 Å². The zero-order chi connectivity index (χ0) is 15.7. The summed E-state index contributed by atoms with van der Waals surface area (Å²) in [5.41, 5.74) is 3.47. The molecule has 1 aliphatic heterocycles. The third kappa shape index (κ3) is 2.25. The number of pyridine rings is 1. The van der Waals surface area contributed by atoms with Gasteiger partial charge in [0, 0.05) is 17.7 Å². The molecule has 0 atom stereocenters. The molecule has 0 fully saturated rings. The summed E-state index contributed by atoms with van der Waals surface area (Å²) in [6.45, 7) is 4.67. The molecule has 1 aromatic carbocycles. The van der Waals surface area contributed by atoms with Gasteiger partial charge in [-0.1, -0.05) is 43.7 Å². The molecule has 2 heterocycles. The van der Waals surface area contributed by atoms with Crippen molar-refractivity contribution in [2.24, 2.45) is 0 Å². The monoisotopic (exact) mass is 297 g/mol. The SMILES string of the molecule is CCCCn1c(-c2ccccc2)c2c(c(C)c1=O)COC2=O. The van der Waals surface area contributed by atoms with E-state index < -0.39 is 0 Å². The topological polar surface area (TPSA) is 48.3 Å². The number of rotatable bonds is 4. The van der Waals surface area contributed by atoms with Crippen molar-refractivity contribution < 1.29 is 9.53 Å². The first-order valence-corrected chi connectivity index (χ1v) is 7.64. The van der Waals surface area contributed by atoms with Crippen molar-refractivity contribution >= 4 is 5.97 Å². The highest BCUT2D eigenvalue weighted by Crippen LogP contribution is 2.31. The summed E-state index contributed by atoms with van der Waals surface area (Å²) in [7, 11) is 0. The summed E-state index contributed by atoms with van der Waals surface area (Å²) < 4.78 is 6.93.